The maximum Gasteiger partial charge on any atom is 0.242 e. The van der Waals surface area contributed by atoms with E-state index in [9.17, 15) is 4.79 Å². The number of rotatable bonds is 4. The van der Waals surface area contributed by atoms with Crippen molar-refractivity contribution in [3.8, 4) is 0 Å². The Hall–Kier alpha value is -1.39. The highest BCUT2D eigenvalue weighted by molar-refractivity contribution is 5.85. The van der Waals surface area contributed by atoms with Crippen molar-refractivity contribution in [2.75, 3.05) is 33.2 Å². The molecule has 2 rings (SSSR count). The van der Waals surface area contributed by atoms with Gasteiger partial charge in [0.1, 0.15) is 0 Å². The van der Waals surface area contributed by atoms with Gasteiger partial charge in [0.25, 0.3) is 0 Å². The molecule has 0 bridgehead atoms. The largest absolute Gasteiger partial charge is 0.339 e. The van der Waals surface area contributed by atoms with Gasteiger partial charge in [-0.05, 0) is 26.5 Å². The predicted molar refractivity (Wildman–Crippen MR) is 81.4 cm³/mol. The molecule has 0 unspecified atom stereocenters. The molecule has 1 aromatic carbocycles. The number of likely N-dealkylation sites (N-methyl/N-ethyl adjacent to an activating group) is 1. The molecular formula is C16H25N3O. The van der Waals surface area contributed by atoms with E-state index in [-0.39, 0.29) is 5.91 Å². The highest BCUT2D eigenvalue weighted by atomic mass is 16.2. The fourth-order valence-corrected chi connectivity index (χ4v) is 2.45. The first-order chi connectivity index (χ1) is 9.53. The monoisotopic (exact) mass is 275 g/mol. The van der Waals surface area contributed by atoms with E-state index >= 15 is 0 Å². The van der Waals surface area contributed by atoms with E-state index in [0.717, 1.165) is 32.7 Å². The van der Waals surface area contributed by atoms with Crippen LogP contribution in [-0.4, -0.2) is 54.5 Å². The molecule has 1 saturated heterocycles. The van der Waals surface area contributed by atoms with Gasteiger partial charge in [-0.1, -0.05) is 30.3 Å². The summed E-state index contributed by atoms with van der Waals surface area (Å²) < 4.78 is 0. The molecule has 0 radical (unpaired) electrons. The smallest absolute Gasteiger partial charge is 0.242 e. The number of hydrogen-bond donors (Lipinski definition) is 1. The second-order valence-corrected chi connectivity index (χ2v) is 5.93. The summed E-state index contributed by atoms with van der Waals surface area (Å²) in [4.78, 5) is 16.7. The molecule has 20 heavy (non-hydrogen) atoms. The van der Waals surface area contributed by atoms with Crippen LogP contribution in [0, 0.1) is 0 Å². The van der Waals surface area contributed by atoms with E-state index < -0.39 is 5.54 Å². The quantitative estimate of drug-likeness (QED) is 0.900. The van der Waals surface area contributed by atoms with Crippen LogP contribution in [0.5, 0.6) is 0 Å². The molecule has 0 spiro atoms. The summed E-state index contributed by atoms with van der Waals surface area (Å²) in [5.74, 6) is 0.194. The molecule has 1 N–H and O–H groups in total. The number of nitrogens with one attached hydrogen (secondary N) is 1. The first-order valence-electron chi connectivity index (χ1n) is 7.27. The lowest BCUT2D eigenvalue weighted by Crippen LogP contribution is -2.57. The minimum atomic E-state index is -0.471. The molecule has 1 aliphatic rings. The molecule has 4 heteroatoms. The second kappa shape index (κ2) is 6.37. The third-order valence-corrected chi connectivity index (χ3v) is 4.07. The van der Waals surface area contributed by atoms with Gasteiger partial charge in [0, 0.05) is 32.7 Å². The molecule has 0 aliphatic carbocycles. The third kappa shape index (κ3) is 3.58. The van der Waals surface area contributed by atoms with Gasteiger partial charge in [0.2, 0.25) is 5.91 Å². The number of amides is 1. The van der Waals surface area contributed by atoms with Crippen LogP contribution in [0.15, 0.2) is 30.3 Å². The van der Waals surface area contributed by atoms with Crippen molar-refractivity contribution in [1.29, 1.82) is 0 Å². The van der Waals surface area contributed by atoms with Crippen molar-refractivity contribution in [1.82, 2.24) is 15.1 Å². The van der Waals surface area contributed by atoms with E-state index in [4.69, 9.17) is 0 Å². The first-order valence-corrected chi connectivity index (χ1v) is 7.27. The highest BCUT2D eigenvalue weighted by Crippen LogP contribution is 2.12. The predicted octanol–water partition coefficient (Wildman–Crippen LogP) is 1.33. The lowest BCUT2D eigenvalue weighted by molar-refractivity contribution is -0.138. The minimum Gasteiger partial charge on any atom is -0.339 e. The Kier molecular flexibility index (Phi) is 4.78. The summed E-state index contributed by atoms with van der Waals surface area (Å²) in [6.45, 7) is 8.37. The zero-order valence-corrected chi connectivity index (χ0v) is 12.7. The van der Waals surface area contributed by atoms with E-state index in [0.29, 0.717) is 0 Å². The van der Waals surface area contributed by atoms with Gasteiger partial charge in [-0.3, -0.25) is 9.69 Å². The van der Waals surface area contributed by atoms with Gasteiger partial charge in [-0.2, -0.15) is 0 Å². The van der Waals surface area contributed by atoms with Crippen LogP contribution in [-0.2, 0) is 11.3 Å². The van der Waals surface area contributed by atoms with Crippen LogP contribution >= 0.6 is 0 Å². The van der Waals surface area contributed by atoms with Gasteiger partial charge in [0.05, 0.1) is 5.54 Å². The molecule has 1 aromatic rings. The molecule has 1 aliphatic heterocycles. The number of carbonyl (C=O) groups is 1. The number of benzene rings is 1. The average molecular weight is 275 g/mol. The van der Waals surface area contributed by atoms with E-state index in [1.165, 1.54) is 5.56 Å². The van der Waals surface area contributed by atoms with Gasteiger partial charge in [0.15, 0.2) is 0 Å². The van der Waals surface area contributed by atoms with Crippen molar-refractivity contribution in [2.24, 2.45) is 0 Å². The fraction of sp³-hybridized carbons (Fsp3) is 0.562. The maximum atomic E-state index is 12.4. The zero-order valence-electron chi connectivity index (χ0n) is 12.7. The molecule has 1 amide bonds. The van der Waals surface area contributed by atoms with Crippen LogP contribution in [0.2, 0.25) is 0 Å². The van der Waals surface area contributed by atoms with E-state index in [1.54, 1.807) is 0 Å². The molecule has 0 atom stereocenters. The Balaban J connectivity index is 1.85. The van der Waals surface area contributed by atoms with Gasteiger partial charge < -0.3 is 10.2 Å². The number of piperazine rings is 1. The van der Waals surface area contributed by atoms with Crippen molar-refractivity contribution >= 4 is 5.91 Å². The summed E-state index contributed by atoms with van der Waals surface area (Å²) in [6.07, 6.45) is 0. The first kappa shape index (κ1) is 15.0. The Bertz CT molecular complexity index is 436. The van der Waals surface area contributed by atoms with E-state index in [2.05, 4.69) is 34.5 Å². The molecule has 1 fully saturated rings. The Labute approximate surface area is 121 Å². The summed E-state index contributed by atoms with van der Waals surface area (Å²) in [7, 11) is 1.84. The Morgan fingerprint density at radius 2 is 1.75 bits per heavy atom. The average Bonchev–Trinajstić information content (AvgIpc) is 2.48. The molecule has 110 valence electrons. The topological polar surface area (TPSA) is 35.6 Å². The van der Waals surface area contributed by atoms with Crippen LogP contribution in [0.25, 0.3) is 0 Å². The van der Waals surface area contributed by atoms with Crippen LogP contribution < -0.4 is 5.32 Å². The Morgan fingerprint density at radius 3 is 2.30 bits per heavy atom. The molecular weight excluding hydrogens is 250 g/mol. The zero-order chi connectivity index (χ0) is 14.6. The third-order valence-electron chi connectivity index (χ3n) is 4.07. The van der Waals surface area contributed by atoms with Gasteiger partial charge in [-0.15, -0.1) is 0 Å². The van der Waals surface area contributed by atoms with Crippen LogP contribution in [0.3, 0.4) is 0 Å². The second-order valence-electron chi connectivity index (χ2n) is 5.93. The SMILES string of the molecule is CNC(C)(C)C(=O)N1CCN(Cc2ccccc2)CC1. The summed E-state index contributed by atoms with van der Waals surface area (Å²) in [5.41, 5.74) is 0.865. The molecule has 4 nitrogen and oxygen atoms in total. The lowest BCUT2D eigenvalue weighted by Gasteiger charge is -2.38. The summed E-state index contributed by atoms with van der Waals surface area (Å²) in [5, 5.41) is 3.08. The highest BCUT2D eigenvalue weighted by Gasteiger charge is 2.32. The van der Waals surface area contributed by atoms with E-state index in [1.807, 2.05) is 31.9 Å². The number of hydrogen-bond acceptors (Lipinski definition) is 3. The molecule has 0 saturated carbocycles. The van der Waals surface area contributed by atoms with Gasteiger partial charge >= 0.3 is 0 Å². The maximum absolute atomic E-state index is 12.4. The lowest BCUT2D eigenvalue weighted by atomic mass is 10.0. The number of nitrogens with zero attached hydrogens (tertiary/aromatic N) is 2. The van der Waals surface area contributed by atoms with Gasteiger partial charge in [-0.25, -0.2) is 0 Å². The van der Waals surface area contributed by atoms with Crippen molar-refractivity contribution in [2.45, 2.75) is 25.9 Å². The normalized spacial score (nSPS) is 17.2. The summed E-state index contributed by atoms with van der Waals surface area (Å²) >= 11 is 0. The molecule has 0 aromatic heterocycles. The number of carbonyl (C=O) groups excluding carboxylic acids is 1. The minimum absolute atomic E-state index is 0.194. The van der Waals surface area contributed by atoms with Crippen molar-refractivity contribution < 1.29 is 4.79 Å². The van der Waals surface area contributed by atoms with Crippen LogP contribution in [0.1, 0.15) is 19.4 Å². The fourth-order valence-electron chi connectivity index (χ4n) is 2.45. The van der Waals surface area contributed by atoms with Crippen molar-refractivity contribution in [3.63, 3.8) is 0 Å². The summed E-state index contributed by atoms with van der Waals surface area (Å²) in [6, 6.07) is 10.5. The Morgan fingerprint density at radius 1 is 1.15 bits per heavy atom. The van der Waals surface area contributed by atoms with Crippen LogP contribution in [0.4, 0.5) is 0 Å². The molecule has 1 heterocycles. The van der Waals surface area contributed by atoms with Crippen molar-refractivity contribution in [3.05, 3.63) is 35.9 Å². The standard InChI is InChI=1S/C16H25N3O/c1-16(2,17-3)15(20)19-11-9-18(10-12-19)13-14-7-5-4-6-8-14/h4-8,17H,9-13H2,1-3H3.